The summed E-state index contributed by atoms with van der Waals surface area (Å²) in [6, 6.07) is 5.09. The number of hydrogen-bond donors (Lipinski definition) is 1. The SMILES string of the molecule is CC1(C)C2(C(=O)Nc3cc(Cl)cc(Cl)c3)CCC1(C(Br)Br)C2Br. The van der Waals surface area contributed by atoms with Crippen molar-refractivity contribution in [3.63, 3.8) is 0 Å². The van der Waals surface area contributed by atoms with Crippen LogP contribution in [-0.4, -0.2) is 14.5 Å². The molecule has 3 aliphatic carbocycles. The van der Waals surface area contributed by atoms with Gasteiger partial charge in [-0.3, -0.25) is 4.79 Å². The van der Waals surface area contributed by atoms with Crippen molar-refractivity contribution in [2.45, 2.75) is 35.3 Å². The van der Waals surface area contributed by atoms with Crippen molar-refractivity contribution >= 4 is 82.6 Å². The van der Waals surface area contributed by atoms with E-state index in [9.17, 15) is 4.79 Å². The van der Waals surface area contributed by atoms with E-state index in [-0.39, 0.29) is 25.3 Å². The second kappa shape index (κ2) is 5.87. The summed E-state index contributed by atoms with van der Waals surface area (Å²) in [6.45, 7) is 4.36. The summed E-state index contributed by atoms with van der Waals surface area (Å²) in [5.41, 5.74) is 0.0620. The van der Waals surface area contributed by atoms with Crippen molar-refractivity contribution in [1.29, 1.82) is 0 Å². The summed E-state index contributed by atoms with van der Waals surface area (Å²) in [5, 5.41) is 4.04. The maximum atomic E-state index is 13.1. The monoisotopic (exact) mass is 545 g/mol. The largest absolute Gasteiger partial charge is 0.325 e. The number of anilines is 1. The minimum atomic E-state index is -0.443. The lowest BCUT2D eigenvalue weighted by Crippen LogP contribution is -2.71. The van der Waals surface area contributed by atoms with Crippen LogP contribution in [-0.2, 0) is 4.79 Å². The van der Waals surface area contributed by atoms with E-state index in [4.69, 9.17) is 23.2 Å². The van der Waals surface area contributed by atoms with E-state index in [1.807, 2.05) is 0 Å². The highest BCUT2D eigenvalue weighted by molar-refractivity contribution is 9.24. The Balaban J connectivity index is 1.92. The predicted molar refractivity (Wildman–Crippen MR) is 107 cm³/mol. The molecule has 3 saturated carbocycles. The van der Waals surface area contributed by atoms with Gasteiger partial charge in [-0.1, -0.05) is 84.8 Å². The van der Waals surface area contributed by atoms with Crippen LogP contribution in [0.25, 0.3) is 0 Å². The molecule has 7 heteroatoms. The normalized spacial score (nSPS) is 34.3. The number of carbonyl (C=O) groups excluding carboxylic acids is 1. The molecule has 1 aromatic rings. The fourth-order valence-electron chi connectivity index (χ4n) is 4.57. The Morgan fingerprint density at radius 3 is 2.22 bits per heavy atom. The number of halogens is 5. The number of hydrogen-bond acceptors (Lipinski definition) is 1. The molecule has 1 N–H and O–H groups in total. The van der Waals surface area contributed by atoms with Gasteiger partial charge in [0.25, 0.3) is 0 Å². The first-order valence-electron chi connectivity index (χ1n) is 7.29. The quantitative estimate of drug-likeness (QED) is 0.423. The van der Waals surface area contributed by atoms with Gasteiger partial charge in [0.1, 0.15) is 0 Å². The van der Waals surface area contributed by atoms with Crippen LogP contribution in [0.2, 0.25) is 10.0 Å². The summed E-state index contributed by atoms with van der Waals surface area (Å²) in [5.74, 6) is 0.0245. The lowest BCUT2D eigenvalue weighted by Gasteiger charge is -2.66. The van der Waals surface area contributed by atoms with Crippen LogP contribution >= 0.6 is 71.0 Å². The highest BCUT2D eigenvalue weighted by Crippen LogP contribution is 2.82. The summed E-state index contributed by atoms with van der Waals surface area (Å²) in [4.78, 5) is 13.2. The highest BCUT2D eigenvalue weighted by atomic mass is 79.9. The second-order valence-electron chi connectivity index (χ2n) is 6.91. The maximum absolute atomic E-state index is 13.1. The minimum Gasteiger partial charge on any atom is -0.325 e. The third kappa shape index (κ3) is 2.26. The first-order valence-corrected chi connectivity index (χ1v) is 10.8. The Kier molecular flexibility index (Phi) is 4.72. The molecule has 0 radical (unpaired) electrons. The van der Waals surface area contributed by atoms with E-state index < -0.39 is 5.41 Å². The third-order valence-electron chi connectivity index (χ3n) is 6.01. The average molecular weight is 549 g/mol. The summed E-state index contributed by atoms with van der Waals surface area (Å²) in [6.07, 6.45) is 1.84. The van der Waals surface area contributed by atoms with E-state index in [1.165, 1.54) is 0 Å². The molecule has 0 heterocycles. The van der Waals surface area contributed by atoms with E-state index >= 15 is 0 Å². The molecule has 126 valence electrons. The van der Waals surface area contributed by atoms with Gasteiger partial charge in [-0.25, -0.2) is 0 Å². The van der Waals surface area contributed by atoms with Gasteiger partial charge in [0.2, 0.25) is 5.91 Å². The van der Waals surface area contributed by atoms with Crippen molar-refractivity contribution in [3.05, 3.63) is 28.2 Å². The summed E-state index contributed by atoms with van der Waals surface area (Å²) < 4.78 is 0.158. The molecular weight excluding hydrogens is 533 g/mol. The Morgan fingerprint density at radius 2 is 1.78 bits per heavy atom. The lowest BCUT2D eigenvalue weighted by atomic mass is 9.43. The van der Waals surface area contributed by atoms with Crippen LogP contribution < -0.4 is 5.32 Å². The van der Waals surface area contributed by atoms with Gasteiger partial charge >= 0.3 is 0 Å². The number of nitrogens with one attached hydrogen (secondary N) is 1. The van der Waals surface area contributed by atoms with Crippen LogP contribution in [0.1, 0.15) is 26.7 Å². The smallest absolute Gasteiger partial charge is 0.232 e. The van der Waals surface area contributed by atoms with Gasteiger partial charge in [0.05, 0.1) is 9.15 Å². The van der Waals surface area contributed by atoms with Crippen molar-refractivity contribution in [3.8, 4) is 0 Å². The van der Waals surface area contributed by atoms with Crippen LogP contribution in [0.5, 0.6) is 0 Å². The van der Waals surface area contributed by atoms with Crippen molar-refractivity contribution in [2.75, 3.05) is 5.32 Å². The van der Waals surface area contributed by atoms with E-state index in [0.717, 1.165) is 12.8 Å². The molecule has 3 unspecified atom stereocenters. The first-order chi connectivity index (χ1) is 10.6. The zero-order valence-corrected chi connectivity index (χ0v) is 18.9. The summed E-state index contributed by atoms with van der Waals surface area (Å²) in [7, 11) is 0. The van der Waals surface area contributed by atoms with Crippen LogP contribution in [0.4, 0.5) is 5.69 Å². The van der Waals surface area contributed by atoms with Gasteiger partial charge in [-0.15, -0.1) is 0 Å². The number of rotatable bonds is 3. The Labute approximate surface area is 171 Å². The molecule has 2 nitrogen and oxygen atoms in total. The van der Waals surface area contributed by atoms with Gasteiger partial charge in [0.15, 0.2) is 0 Å². The molecule has 23 heavy (non-hydrogen) atoms. The molecule has 0 aromatic heterocycles. The van der Waals surface area contributed by atoms with Crippen LogP contribution in [0, 0.1) is 16.2 Å². The molecule has 3 atom stereocenters. The molecule has 3 fully saturated rings. The Hall–Kier alpha value is 0.710. The van der Waals surface area contributed by atoms with Gasteiger partial charge in [-0.2, -0.15) is 0 Å². The van der Waals surface area contributed by atoms with Gasteiger partial charge in [0, 0.05) is 26.0 Å². The molecule has 3 aliphatic rings. The number of benzene rings is 1. The Bertz CT molecular complexity index is 661. The first kappa shape index (κ1) is 18.5. The van der Waals surface area contributed by atoms with Crippen molar-refractivity contribution in [1.82, 2.24) is 0 Å². The van der Waals surface area contributed by atoms with E-state index in [0.29, 0.717) is 15.7 Å². The van der Waals surface area contributed by atoms with Crippen molar-refractivity contribution < 1.29 is 4.79 Å². The number of amides is 1. The molecule has 0 aliphatic heterocycles. The topological polar surface area (TPSA) is 29.1 Å². The average Bonchev–Trinajstić information content (AvgIpc) is 2.87. The van der Waals surface area contributed by atoms with Gasteiger partial charge < -0.3 is 5.32 Å². The van der Waals surface area contributed by atoms with Crippen LogP contribution in [0.15, 0.2) is 18.2 Å². The Morgan fingerprint density at radius 1 is 1.22 bits per heavy atom. The number of alkyl halides is 3. The summed E-state index contributed by atoms with van der Waals surface area (Å²) >= 11 is 23.3. The lowest BCUT2D eigenvalue weighted by molar-refractivity contribution is -0.155. The number of carbonyl (C=O) groups is 1. The third-order valence-corrected chi connectivity index (χ3v) is 9.68. The number of fused-ring (bicyclic) bond motifs is 1. The van der Waals surface area contributed by atoms with E-state index in [2.05, 4.69) is 67.0 Å². The maximum Gasteiger partial charge on any atom is 0.232 e. The molecule has 4 rings (SSSR count). The van der Waals surface area contributed by atoms with Gasteiger partial charge in [-0.05, 0) is 36.5 Å². The highest BCUT2D eigenvalue weighted by Gasteiger charge is 2.83. The molecule has 1 aromatic carbocycles. The zero-order valence-electron chi connectivity index (χ0n) is 12.6. The fourth-order valence-corrected chi connectivity index (χ4v) is 10.0. The zero-order chi connectivity index (χ0) is 17.2. The van der Waals surface area contributed by atoms with E-state index in [1.54, 1.807) is 18.2 Å². The molecule has 2 bridgehead atoms. The molecular formula is C16H16Br3Cl2NO. The van der Waals surface area contributed by atoms with Crippen molar-refractivity contribution in [2.24, 2.45) is 16.2 Å². The molecule has 0 saturated heterocycles. The molecule has 1 amide bonds. The molecule has 0 spiro atoms. The predicted octanol–water partition coefficient (Wildman–Crippen LogP) is 6.62. The second-order valence-corrected chi connectivity index (χ2v) is 11.8. The minimum absolute atomic E-state index is 0.0102. The fraction of sp³-hybridized carbons (Fsp3) is 0.562. The van der Waals surface area contributed by atoms with Crippen LogP contribution in [0.3, 0.4) is 0 Å². The standard InChI is InChI=1S/C16H16Br3Cl2NO/c1-14(2)15(12(18)19)3-4-16(14,11(15)17)13(23)22-10-6-8(20)5-9(21)7-10/h5-7,11-12H,3-4H2,1-2H3,(H,22,23).